The second kappa shape index (κ2) is 3.84. The Hall–Kier alpha value is -1.28. The minimum absolute atomic E-state index is 0.0434. The first-order chi connectivity index (χ1) is 6.77. The van der Waals surface area contributed by atoms with Gasteiger partial charge in [0, 0.05) is 11.8 Å². The zero-order valence-electron chi connectivity index (χ0n) is 7.87. The Balaban J connectivity index is 2.41. The van der Waals surface area contributed by atoms with E-state index in [4.69, 9.17) is 11.6 Å². The summed E-state index contributed by atoms with van der Waals surface area (Å²) in [6.07, 6.45) is 3.68. The van der Waals surface area contributed by atoms with E-state index in [0.717, 1.165) is 16.7 Å². The molecule has 0 spiro atoms. The molecule has 1 aromatic carbocycles. The Kier molecular flexibility index (Phi) is 2.55. The summed E-state index contributed by atoms with van der Waals surface area (Å²) < 4.78 is 0. The van der Waals surface area contributed by atoms with Crippen molar-refractivity contribution in [2.75, 3.05) is 0 Å². The number of nitrogens with one attached hydrogen (secondary N) is 1. The third kappa shape index (κ3) is 1.80. The predicted octanol–water partition coefficient (Wildman–Crippen LogP) is 3.38. The van der Waals surface area contributed by atoms with Gasteiger partial charge in [-0.3, -0.25) is 5.10 Å². The highest BCUT2D eigenvalue weighted by Crippen LogP contribution is 2.25. The van der Waals surface area contributed by atoms with E-state index in [1.807, 2.05) is 31.3 Å². The molecular weight excluding hydrogens is 196 g/mol. The van der Waals surface area contributed by atoms with Crippen LogP contribution >= 0.6 is 11.6 Å². The van der Waals surface area contributed by atoms with Crippen LogP contribution in [0.25, 0.3) is 11.1 Å². The average molecular weight is 207 g/mol. The Morgan fingerprint density at radius 2 is 2.21 bits per heavy atom. The number of H-pyrrole nitrogens is 1. The van der Waals surface area contributed by atoms with E-state index < -0.39 is 0 Å². The van der Waals surface area contributed by atoms with Crippen LogP contribution in [0.15, 0.2) is 36.7 Å². The Labute approximate surface area is 87.9 Å². The van der Waals surface area contributed by atoms with Crippen molar-refractivity contribution in [2.45, 2.75) is 12.3 Å². The quantitative estimate of drug-likeness (QED) is 0.750. The van der Waals surface area contributed by atoms with Gasteiger partial charge in [0.15, 0.2) is 0 Å². The lowest BCUT2D eigenvalue weighted by Crippen LogP contribution is -1.84. The Bertz CT molecular complexity index is 407. The third-order valence-corrected chi connectivity index (χ3v) is 2.43. The standard InChI is InChI=1S/C11H11ClN2/c1-8(12)9-3-2-4-10(5-9)11-6-13-14-7-11/h2-8H,1H3,(H,13,14). The molecule has 1 unspecified atom stereocenters. The molecule has 2 nitrogen and oxygen atoms in total. The van der Waals surface area contributed by atoms with Crippen LogP contribution in [0.5, 0.6) is 0 Å². The summed E-state index contributed by atoms with van der Waals surface area (Å²) >= 11 is 6.01. The first-order valence-corrected chi connectivity index (χ1v) is 4.94. The fourth-order valence-corrected chi connectivity index (χ4v) is 1.51. The van der Waals surface area contributed by atoms with Gasteiger partial charge in [-0.15, -0.1) is 11.6 Å². The van der Waals surface area contributed by atoms with Crippen molar-refractivity contribution in [1.82, 2.24) is 10.2 Å². The van der Waals surface area contributed by atoms with Gasteiger partial charge in [0.05, 0.1) is 11.6 Å². The zero-order chi connectivity index (χ0) is 9.97. The zero-order valence-corrected chi connectivity index (χ0v) is 8.62. The van der Waals surface area contributed by atoms with Gasteiger partial charge < -0.3 is 0 Å². The van der Waals surface area contributed by atoms with Gasteiger partial charge >= 0.3 is 0 Å². The first kappa shape index (κ1) is 9.28. The van der Waals surface area contributed by atoms with E-state index in [-0.39, 0.29) is 5.38 Å². The van der Waals surface area contributed by atoms with E-state index in [2.05, 4.69) is 16.3 Å². The van der Waals surface area contributed by atoms with Crippen LogP contribution in [-0.2, 0) is 0 Å². The van der Waals surface area contributed by atoms with Crippen LogP contribution in [0, 0.1) is 0 Å². The summed E-state index contributed by atoms with van der Waals surface area (Å²) in [7, 11) is 0. The molecule has 72 valence electrons. The van der Waals surface area contributed by atoms with Crippen LogP contribution in [0.3, 0.4) is 0 Å². The summed E-state index contributed by atoms with van der Waals surface area (Å²) in [5.41, 5.74) is 3.36. The molecule has 1 atom stereocenters. The second-order valence-electron chi connectivity index (χ2n) is 3.23. The van der Waals surface area contributed by atoms with Crippen LogP contribution in [0.2, 0.25) is 0 Å². The highest BCUT2D eigenvalue weighted by Gasteiger charge is 2.03. The summed E-state index contributed by atoms with van der Waals surface area (Å²) in [5.74, 6) is 0. The minimum Gasteiger partial charge on any atom is -0.285 e. The Morgan fingerprint density at radius 3 is 2.86 bits per heavy atom. The molecular formula is C11H11ClN2. The number of benzene rings is 1. The Morgan fingerprint density at radius 1 is 1.36 bits per heavy atom. The molecule has 1 N–H and O–H groups in total. The van der Waals surface area contributed by atoms with E-state index >= 15 is 0 Å². The average Bonchev–Trinajstić information content (AvgIpc) is 2.71. The molecule has 0 saturated carbocycles. The van der Waals surface area contributed by atoms with Gasteiger partial charge in [0.1, 0.15) is 0 Å². The molecule has 1 aromatic heterocycles. The normalized spacial score (nSPS) is 12.7. The number of hydrogen-bond acceptors (Lipinski definition) is 1. The molecule has 0 aliphatic carbocycles. The molecule has 2 aromatic rings. The summed E-state index contributed by atoms with van der Waals surface area (Å²) in [4.78, 5) is 0. The topological polar surface area (TPSA) is 28.7 Å². The molecule has 0 aliphatic rings. The molecule has 0 bridgehead atoms. The van der Waals surface area contributed by atoms with Gasteiger partial charge in [-0.1, -0.05) is 18.2 Å². The number of aromatic amines is 1. The van der Waals surface area contributed by atoms with Gasteiger partial charge in [-0.25, -0.2) is 0 Å². The molecule has 0 radical (unpaired) electrons. The fourth-order valence-electron chi connectivity index (χ4n) is 1.37. The SMILES string of the molecule is CC(Cl)c1cccc(-c2cn[nH]c2)c1. The molecule has 2 rings (SSSR count). The van der Waals surface area contributed by atoms with Gasteiger partial charge in [0.2, 0.25) is 0 Å². The number of alkyl halides is 1. The number of hydrogen-bond donors (Lipinski definition) is 1. The lowest BCUT2D eigenvalue weighted by atomic mass is 10.0. The van der Waals surface area contributed by atoms with Gasteiger partial charge in [-0.05, 0) is 24.1 Å². The van der Waals surface area contributed by atoms with E-state index in [0.29, 0.717) is 0 Å². The molecule has 1 heterocycles. The van der Waals surface area contributed by atoms with Crippen molar-refractivity contribution >= 4 is 11.6 Å². The van der Waals surface area contributed by atoms with Gasteiger partial charge in [0.25, 0.3) is 0 Å². The van der Waals surface area contributed by atoms with Crippen molar-refractivity contribution in [1.29, 1.82) is 0 Å². The van der Waals surface area contributed by atoms with E-state index in [1.165, 1.54) is 0 Å². The number of halogens is 1. The third-order valence-electron chi connectivity index (χ3n) is 2.18. The number of nitrogens with zero attached hydrogens (tertiary/aromatic N) is 1. The van der Waals surface area contributed by atoms with E-state index in [9.17, 15) is 0 Å². The molecule has 0 fully saturated rings. The van der Waals surface area contributed by atoms with E-state index in [1.54, 1.807) is 6.20 Å². The predicted molar refractivity (Wildman–Crippen MR) is 58.3 cm³/mol. The maximum Gasteiger partial charge on any atom is 0.0565 e. The highest BCUT2D eigenvalue weighted by molar-refractivity contribution is 6.20. The van der Waals surface area contributed by atoms with Crippen LogP contribution < -0.4 is 0 Å². The maximum atomic E-state index is 6.01. The first-order valence-electron chi connectivity index (χ1n) is 4.50. The fraction of sp³-hybridized carbons (Fsp3) is 0.182. The van der Waals surface area contributed by atoms with Crippen molar-refractivity contribution < 1.29 is 0 Å². The van der Waals surface area contributed by atoms with Crippen LogP contribution in [-0.4, -0.2) is 10.2 Å². The van der Waals surface area contributed by atoms with Crippen molar-refractivity contribution in [3.63, 3.8) is 0 Å². The van der Waals surface area contributed by atoms with Gasteiger partial charge in [-0.2, -0.15) is 5.10 Å². The summed E-state index contributed by atoms with van der Waals surface area (Å²) in [5, 5.41) is 6.75. The largest absolute Gasteiger partial charge is 0.285 e. The molecule has 14 heavy (non-hydrogen) atoms. The second-order valence-corrected chi connectivity index (χ2v) is 3.88. The lowest BCUT2D eigenvalue weighted by Gasteiger charge is -2.04. The monoisotopic (exact) mass is 206 g/mol. The number of rotatable bonds is 2. The van der Waals surface area contributed by atoms with Crippen LogP contribution in [0.4, 0.5) is 0 Å². The minimum atomic E-state index is 0.0434. The molecule has 0 aliphatic heterocycles. The summed E-state index contributed by atoms with van der Waals surface area (Å²) in [6.45, 7) is 1.97. The number of aromatic nitrogens is 2. The molecule has 3 heteroatoms. The summed E-state index contributed by atoms with van der Waals surface area (Å²) in [6, 6.07) is 8.17. The van der Waals surface area contributed by atoms with Crippen molar-refractivity contribution in [3.8, 4) is 11.1 Å². The molecule has 0 saturated heterocycles. The van der Waals surface area contributed by atoms with Crippen molar-refractivity contribution in [3.05, 3.63) is 42.2 Å². The maximum absolute atomic E-state index is 6.01. The smallest absolute Gasteiger partial charge is 0.0565 e. The lowest BCUT2D eigenvalue weighted by molar-refractivity contribution is 1.09. The van der Waals surface area contributed by atoms with Crippen LogP contribution in [0.1, 0.15) is 17.9 Å². The van der Waals surface area contributed by atoms with Crippen molar-refractivity contribution in [2.24, 2.45) is 0 Å². The highest BCUT2D eigenvalue weighted by atomic mass is 35.5. The molecule has 0 amide bonds.